The van der Waals surface area contributed by atoms with Crippen LogP contribution in [0.5, 0.6) is 0 Å². The van der Waals surface area contributed by atoms with Crippen LogP contribution in [0.15, 0.2) is 18.2 Å². The molecule has 4 heteroatoms. The third-order valence-corrected chi connectivity index (χ3v) is 5.09. The van der Waals surface area contributed by atoms with Gasteiger partial charge in [0.15, 0.2) is 0 Å². The maximum Gasteiger partial charge on any atom is 0.123 e. The smallest absolute Gasteiger partial charge is 0.123 e. The van der Waals surface area contributed by atoms with Gasteiger partial charge >= 0.3 is 0 Å². The Hall–Kier alpha value is -1.13. The molecule has 1 aromatic carbocycles. The summed E-state index contributed by atoms with van der Waals surface area (Å²) in [6.45, 7) is 8.13. The Labute approximate surface area is 132 Å². The van der Waals surface area contributed by atoms with E-state index in [1.165, 1.54) is 24.9 Å². The monoisotopic (exact) mass is 306 g/mol. The topological polar surface area (TPSA) is 24.5 Å². The molecule has 1 aromatic rings. The predicted octanol–water partition coefficient (Wildman–Crippen LogP) is 3.12. The molecule has 122 valence electrons. The van der Waals surface area contributed by atoms with Crippen molar-refractivity contribution in [3.8, 4) is 0 Å². The highest BCUT2D eigenvalue weighted by Gasteiger charge is 2.27. The minimum atomic E-state index is -0.150. The lowest BCUT2D eigenvalue weighted by Gasteiger charge is -2.37. The van der Waals surface area contributed by atoms with Crippen molar-refractivity contribution < 1.29 is 9.13 Å². The first-order chi connectivity index (χ1) is 10.6. The number of rotatable bonds is 4. The van der Waals surface area contributed by atoms with Crippen LogP contribution in [0.3, 0.4) is 0 Å². The Morgan fingerprint density at radius 2 is 2.23 bits per heavy atom. The Morgan fingerprint density at radius 3 is 2.95 bits per heavy atom. The summed E-state index contributed by atoms with van der Waals surface area (Å²) in [5, 5.41) is 3.80. The zero-order valence-corrected chi connectivity index (χ0v) is 13.6. The van der Waals surface area contributed by atoms with E-state index >= 15 is 0 Å². The zero-order valence-electron chi connectivity index (χ0n) is 13.6. The Kier molecular flexibility index (Phi) is 4.99. The van der Waals surface area contributed by atoms with Crippen LogP contribution in [-0.2, 0) is 4.74 Å². The molecule has 3 atom stereocenters. The second kappa shape index (κ2) is 6.97. The second-order valence-electron chi connectivity index (χ2n) is 6.79. The maximum atomic E-state index is 13.3. The average molecular weight is 306 g/mol. The highest BCUT2D eigenvalue weighted by atomic mass is 19.1. The number of aryl methyl sites for hydroxylation is 1. The largest absolute Gasteiger partial charge is 0.381 e. The molecule has 3 rings (SSSR count). The van der Waals surface area contributed by atoms with Gasteiger partial charge in [-0.3, -0.25) is 0 Å². The van der Waals surface area contributed by atoms with Crippen LogP contribution in [-0.4, -0.2) is 38.4 Å². The number of nitrogens with one attached hydrogen (secondary N) is 1. The average Bonchev–Trinajstić information content (AvgIpc) is 3.02. The SMILES string of the molecule is Cc1cc(F)ccc1N1CCC[C@H](N[C@H](C)[C@H]2CCOC2)C1. The van der Waals surface area contributed by atoms with Crippen molar-refractivity contribution in [1.29, 1.82) is 0 Å². The highest BCUT2D eigenvalue weighted by molar-refractivity contribution is 5.53. The fourth-order valence-corrected chi connectivity index (χ4v) is 3.76. The van der Waals surface area contributed by atoms with Crippen LogP contribution in [0.4, 0.5) is 10.1 Å². The number of hydrogen-bond donors (Lipinski definition) is 1. The van der Waals surface area contributed by atoms with Crippen molar-refractivity contribution in [3.05, 3.63) is 29.6 Å². The van der Waals surface area contributed by atoms with Gasteiger partial charge in [0.25, 0.3) is 0 Å². The fourth-order valence-electron chi connectivity index (χ4n) is 3.76. The molecule has 0 aliphatic carbocycles. The van der Waals surface area contributed by atoms with Gasteiger partial charge in [-0.15, -0.1) is 0 Å². The van der Waals surface area contributed by atoms with Crippen LogP contribution >= 0.6 is 0 Å². The first-order valence-electron chi connectivity index (χ1n) is 8.48. The van der Waals surface area contributed by atoms with Crippen LogP contribution in [0, 0.1) is 18.7 Å². The van der Waals surface area contributed by atoms with Crippen LogP contribution in [0.1, 0.15) is 31.7 Å². The minimum absolute atomic E-state index is 0.150. The molecule has 0 saturated carbocycles. The van der Waals surface area contributed by atoms with Gasteiger partial charge in [0, 0.05) is 37.5 Å². The van der Waals surface area contributed by atoms with E-state index in [1.807, 2.05) is 13.0 Å². The van der Waals surface area contributed by atoms with E-state index in [4.69, 9.17) is 4.74 Å². The highest BCUT2D eigenvalue weighted by Crippen LogP contribution is 2.25. The summed E-state index contributed by atoms with van der Waals surface area (Å²) in [4.78, 5) is 2.40. The van der Waals surface area contributed by atoms with Crippen molar-refractivity contribution >= 4 is 5.69 Å². The van der Waals surface area contributed by atoms with E-state index in [0.29, 0.717) is 18.0 Å². The third kappa shape index (κ3) is 3.61. The van der Waals surface area contributed by atoms with Crippen molar-refractivity contribution in [2.45, 2.75) is 45.2 Å². The van der Waals surface area contributed by atoms with Gasteiger partial charge in [0.05, 0.1) is 6.61 Å². The maximum absolute atomic E-state index is 13.3. The normalized spacial score (nSPS) is 27.1. The fraction of sp³-hybridized carbons (Fsp3) is 0.667. The van der Waals surface area contributed by atoms with E-state index in [9.17, 15) is 4.39 Å². The molecule has 1 N–H and O–H groups in total. The predicted molar refractivity (Wildman–Crippen MR) is 87.9 cm³/mol. The van der Waals surface area contributed by atoms with E-state index in [2.05, 4.69) is 17.1 Å². The summed E-state index contributed by atoms with van der Waals surface area (Å²) < 4.78 is 18.8. The molecule has 2 aliphatic heterocycles. The molecular weight excluding hydrogens is 279 g/mol. The van der Waals surface area contributed by atoms with Crippen molar-refractivity contribution in [3.63, 3.8) is 0 Å². The quantitative estimate of drug-likeness (QED) is 0.925. The number of nitrogens with zero attached hydrogens (tertiary/aromatic N) is 1. The molecule has 0 radical (unpaired) electrons. The second-order valence-corrected chi connectivity index (χ2v) is 6.79. The number of ether oxygens (including phenoxy) is 1. The molecule has 2 fully saturated rings. The molecule has 22 heavy (non-hydrogen) atoms. The van der Waals surface area contributed by atoms with Gasteiger partial charge < -0.3 is 15.0 Å². The van der Waals surface area contributed by atoms with Crippen molar-refractivity contribution in [1.82, 2.24) is 5.32 Å². The Bertz CT molecular complexity index is 502. The van der Waals surface area contributed by atoms with Crippen molar-refractivity contribution in [2.75, 3.05) is 31.2 Å². The summed E-state index contributed by atoms with van der Waals surface area (Å²) >= 11 is 0. The lowest BCUT2D eigenvalue weighted by molar-refractivity contribution is 0.175. The molecule has 3 nitrogen and oxygen atoms in total. The van der Waals surface area contributed by atoms with Gasteiger partial charge in [-0.2, -0.15) is 0 Å². The number of piperidine rings is 1. The van der Waals surface area contributed by atoms with Gasteiger partial charge in [-0.05, 0) is 62.8 Å². The van der Waals surface area contributed by atoms with E-state index in [-0.39, 0.29) is 5.82 Å². The molecule has 0 aromatic heterocycles. The number of halogens is 1. The summed E-state index contributed by atoms with van der Waals surface area (Å²) in [5.41, 5.74) is 2.20. The summed E-state index contributed by atoms with van der Waals surface area (Å²) in [6, 6.07) is 6.12. The molecule has 2 heterocycles. The van der Waals surface area contributed by atoms with E-state index < -0.39 is 0 Å². The lowest BCUT2D eigenvalue weighted by atomic mass is 9.97. The molecule has 0 amide bonds. The first-order valence-corrected chi connectivity index (χ1v) is 8.48. The van der Waals surface area contributed by atoms with Gasteiger partial charge in [0.2, 0.25) is 0 Å². The molecule has 0 spiro atoms. The number of benzene rings is 1. The van der Waals surface area contributed by atoms with Gasteiger partial charge in [0.1, 0.15) is 5.82 Å². The zero-order chi connectivity index (χ0) is 15.5. The first kappa shape index (κ1) is 15.8. The van der Waals surface area contributed by atoms with Gasteiger partial charge in [-0.1, -0.05) is 0 Å². The molecule has 0 unspecified atom stereocenters. The summed E-state index contributed by atoms with van der Waals surface area (Å²) in [5.74, 6) is 0.491. The molecule has 2 saturated heterocycles. The molecular formula is C18H27FN2O. The standard InChI is InChI=1S/C18H27FN2O/c1-13-10-16(19)5-6-18(13)21-8-3-4-17(11-21)20-14(2)15-7-9-22-12-15/h5-6,10,14-15,17,20H,3-4,7-9,11-12H2,1-2H3/t14-,15+,17+/m1/s1. The van der Waals surface area contributed by atoms with Crippen LogP contribution in [0.2, 0.25) is 0 Å². The van der Waals surface area contributed by atoms with Crippen LogP contribution in [0.25, 0.3) is 0 Å². The number of hydrogen-bond acceptors (Lipinski definition) is 3. The number of anilines is 1. The summed E-state index contributed by atoms with van der Waals surface area (Å²) in [7, 11) is 0. The molecule has 0 bridgehead atoms. The lowest BCUT2D eigenvalue weighted by Crippen LogP contribution is -2.50. The van der Waals surface area contributed by atoms with Gasteiger partial charge in [-0.25, -0.2) is 4.39 Å². The van der Waals surface area contributed by atoms with E-state index in [0.717, 1.165) is 31.9 Å². The molecule has 2 aliphatic rings. The van der Waals surface area contributed by atoms with E-state index in [1.54, 1.807) is 12.1 Å². The van der Waals surface area contributed by atoms with Crippen molar-refractivity contribution in [2.24, 2.45) is 5.92 Å². The summed E-state index contributed by atoms with van der Waals surface area (Å²) in [6.07, 6.45) is 3.57. The minimum Gasteiger partial charge on any atom is -0.381 e. The Morgan fingerprint density at radius 1 is 1.36 bits per heavy atom. The Balaban J connectivity index is 1.61. The third-order valence-electron chi connectivity index (χ3n) is 5.09. The van der Waals surface area contributed by atoms with Crippen LogP contribution < -0.4 is 10.2 Å².